The van der Waals surface area contributed by atoms with Crippen LogP contribution < -0.4 is 4.90 Å². The molecule has 29 heavy (non-hydrogen) atoms. The largest absolute Gasteiger partial charge is 0.377 e. The number of halogens is 1. The number of morpholine rings is 1. The van der Waals surface area contributed by atoms with E-state index in [4.69, 9.17) is 9.72 Å². The van der Waals surface area contributed by atoms with Gasteiger partial charge in [0.15, 0.2) is 0 Å². The number of hydrogen-bond acceptors (Lipinski definition) is 6. The van der Waals surface area contributed by atoms with E-state index in [9.17, 15) is 4.39 Å². The number of pyridine rings is 3. The van der Waals surface area contributed by atoms with Crippen molar-refractivity contribution in [1.29, 1.82) is 0 Å². The van der Waals surface area contributed by atoms with E-state index < -0.39 is 5.95 Å². The third-order valence-corrected chi connectivity index (χ3v) is 5.17. The zero-order chi connectivity index (χ0) is 19.8. The maximum Gasteiger partial charge on any atom is 0.212 e. The molecule has 4 aromatic heterocycles. The Balaban J connectivity index is 1.77. The molecule has 146 valence electrons. The molecule has 0 aromatic carbocycles. The van der Waals surface area contributed by atoms with Gasteiger partial charge >= 0.3 is 0 Å². The van der Waals surface area contributed by atoms with Gasteiger partial charge in [0.1, 0.15) is 17.0 Å². The lowest BCUT2D eigenvalue weighted by atomic mass is 10.0. The summed E-state index contributed by atoms with van der Waals surface area (Å²) in [6, 6.07) is 9.13. The molecule has 5 rings (SSSR count). The van der Waals surface area contributed by atoms with Crippen molar-refractivity contribution in [2.75, 3.05) is 24.7 Å². The molecular weight excluding hydrogens is 371 g/mol. The van der Waals surface area contributed by atoms with E-state index >= 15 is 0 Å². The molecule has 7 nitrogen and oxygen atoms in total. The molecule has 5 heterocycles. The third-order valence-electron chi connectivity index (χ3n) is 5.17. The quantitative estimate of drug-likeness (QED) is 0.540. The van der Waals surface area contributed by atoms with Gasteiger partial charge in [-0.15, -0.1) is 0 Å². The topological polar surface area (TPSA) is 79.8 Å². The SMILES string of the molecule is CC1COCCN1c1cc(-c2ccc(F)nc2)c2ccnc(-c3ccn[nH]3)c2n1. The van der Waals surface area contributed by atoms with Crippen LogP contribution in [0.4, 0.5) is 10.2 Å². The number of H-pyrrole nitrogens is 1. The lowest BCUT2D eigenvalue weighted by Gasteiger charge is -2.34. The normalized spacial score (nSPS) is 17.0. The van der Waals surface area contributed by atoms with Gasteiger partial charge in [-0.3, -0.25) is 10.1 Å². The Hall–Kier alpha value is -3.39. The number of aromatic nitrogens is 5. The van der Waals surface area contributed by atoms with Crippen LogP contribution in [0.1, 0.15) is 6.92 Å². The summed E-state index contributed by atoms with van der Waals surface area (Å²) >= 11 is 0. The third kappa shape index (κ3) is 3.21. The van der Waals surface area contributed by atoms with E-state index in [1.807, 2.05) is 18.2 Å². The van der Waals surface area contributed by atoms with E-state index in [0.717, 1.165) is 45.8 Å². The Kier molecular flexibility index (Phi) is 4.40. The van der Waals surface area contributed by atoms with Crippen molar-refractivity contribution >= 4 is 16.7 Å². The van der Waals surface area contributed by atoms with Crippen LogP contribution in [0.5, 0.6) is 0 Å². The summed E-state index contributed by atoms with van der Waals surface area (Å²) in [7, 11) is 0. The molecule has 1 saturated heterocycles. The second kappa shape index (κ2) is 7.21. The average molecular weight is 390 g/mol. The highest BCUT2D eigenvalue weighted by Crippen LogP contribution is 2.35. The van der Waals surface area contributed by atoms with E-state index in [1.165, 1.54) is 6.07 Å². The van der Waals surface area contributed by atoms with Crippen LogP contribution in [0.15, 0.2) is 48.9 Å². The fourth-order valence-electron chi connectivity index (χ4n) is 3.71. The van der Waals surface area contributed by atoms with Crippen LogP contribution in [0.25, 0.3) is 33.4 Å². The van der Waals surface area contributed by atoms with Gasteiger partial charge in [-0.05, 0) is 42.8 Å². The standard InChI is InChI=1S/C21H19FN6O/c1-13-12-29-9-8-28(13)19-10-16(14-2-3-18(22)24-11-14)15-4-6-23-21(20(15)26-19)17-5-7-25-27-17/h2-7,10-11,13H,8-9,12H2,1H3,(H,25,27). The highest BCUT2D eigenvalue weighted by atomic mass is 19.1. The Bertz CT molecular complexity index is 1150. The minimum absolute atomic E-state index is 0.195. The molecular formula is C21H19FN6O. The Morgan fingerprint density at radius 3 is 2.86 bits per heavy atom. The molecule has 1 N–H and O–H groups in total. The van der Waals surface area contributed by atoms with Gasteiger partial charge < -0.3 is 9.64 Å². The van der Waals surface area contributed by atoms with Crippen molar-refractivity contribution in [3.05, 3.63) is 54.9 Å². The smallest absolute Gasteiger partial charge is 0.212 e. The minimum Gasteiger partial charge on any atom is -0.377 e. The second-order valence-electron chi connectivity index (χ2n) is 7.04. The number of anilines is 1. The first-order valence-electron chi connectivity index (χ1n) is 9.46. The van der Waals surface area contributed by atoms with Crippen molar-refractivity contribution in [1.82, 2.24) is 25.1 Å². The summed E-state index contributed by atoms with van der Waals surface area (Å²) in [5.41, 5.74) is 4.02. The molecule has 1 atom stereocenters. The second-order valence-corrected chi connectivity index (χ2v) is 7.04. The maximum absolute atomic E-state index is 13.4. The van der Waals surface area contributed by atoms with E-state index in [0.29, 0.717) is 13.2 Å². The molecule has 1 aliphatic heterocycles. The van der Waals surface area contributed by atoms with Crippen LogP contribution in [0, 0.1) is 5.95 Å². The molecule has 0 amide bonds. The highest BCUT2D eigenvalue weighted by molar-refractivity contribution is 6.01. The van der Waals surface area contributed by atoms with Crippen LogP contribution >= 0.6 is 0 Å². The molecule has 1 aliphatic rings. The minimum atomic E-state index is -0.506. The molecule has 0 bridgehead atoms. The average Bonchev–Trinajstić information content (AvgIpc) is 3.28. The van der Waals surface area contributed by atoms with Gasteiger partial charge in [0.05, 0.1) is 24.9 Å². The van der Waals surface area contributed by atoms with E-state index in [-0.39, 0.29) is 6.04 Å². The first-order valence-corrected chi connectivity index (χ1v) is 9.46. The molecule has 8 heteroatoms. The van der Waals surface area contributed by atoms with Gasteiger partial charge in [-0.2, -0.15) is 9.49 Å². The Labute approximate surface area is 166 Å². The molecule has 1 fully saturated rings. The van der Waals surface area contributed by atoms with Crippen molar-refractivity contribution in [2.24, 2.45) is 0 Å². The number of nitrogens with one attached hydrogen (secondary N) is 1. The summed E-state index contributed by atoms with van der Waals surface area (Å²) in [5, 5.41) is 7.94. The zero-order valence-electron chi connectivity index (χ0n) is 15.8. The summed E-state index contributed by atoms with van der Waals surface area (Å²) in [6.07, 6.45) is 4.99. The molecule has 0 spiro atoms. The van der Waals surface area contributed by atoms with Gasteiger partial charge in [-0.25, -0.2) is 9.97 Å². The molecule has 0 saturated carbocycles. The van der Waals surface area contributed by atoms with Crippen molar-refractivity contribution in [2.45, 2.75) is 13.0 Å². The summed E-state index contributed by atoms with van der Waals surface area (Å²) in [5.74, 6) is 0.329. The fraction of sp³-hybridized carbons (Fsp3) is 0.238. The fourth-order valence-corrected chi connectivity index (χ4v) is 3.71. The number of hydrogen-bond donors (Lipinski definition) is 1. The van der Waals surface area contributed by atoms with Crippen molar-refractivity contribution < 1.29 is 9.13 Å². The summed E-state index contributed by atoms with van der Waals surface area (Å²) in [6.45, 7) is 4.16. The summed E-state index contributed by atoms with van der Waals surface area (Å²) < 4.78 is 19.0. The zero-order valence-corrected chi connectivity index (χ0v) is 15.8. The molecule has 0 radical (unpaired) electrons. The van der Waals surface area contributed by atoms with E-state index in [1.54, 1.807) is 24.7 Å². The molecule has 0 aliphatic carbocycles. The maximum atomic E-state index is 13.4. The predicted octanol–water partition coefficient (Wildman–Crippen LogP) is 3.45. The lowest BCUT2D eigenvalue weighted by molar-refractivity contribution is 0.0986. The van der Waals surface area contributed by atoms with Crippen LogP contribution in [-0.4, -0.2) is 50.9 Å². The first-order chi connectivity index (χ1) is 14.2. The number of fused-ring (bicyclic) bond motifs is 1. The van der Waals surface area contributed by atoms with Gasteiger partial charge in [0, 0.05) is 36.1 Å². The van der Waals surface area contributed by atoms with Gasteiger partial charge in [-0.1, -0.05) is 0 Å². The summed E-state index contributed by atoms with van der Waals surface area (Å²) in [4.78, 5) is 15.6. The Morgan fingerprint density at radius 2 is 2.10 bits per heavy atom. The van der Waals surface area contributed by atoms with Crippen LogP contribution in [-0.2, 0) is 4.74 Å². The van der Waals surface area contributed by atoms with Gasteiger partial charge in [0.25, 0.3) is 0 Å². The van der Waals surface area contributed by atoms with Crippen LogP contribution in [0.2, 0.25) is 0 Å². The Morgan fingerprint density at radius 1 is 1.17 bits per heavy atom. The lowest BCUT2D eigenvalue weighted by Crippen LogP contribution is -2.44. The van der Waals surface area contributed by atoms with Crippen molar-refractivity contribution in [3.8, 4) is 22.5 Å². The number of ether oxygens (including phenoxy) is 1. The number of rotatable bonds is 3. The van der Waals surface area contributed by atoms with Gasteiger partial charge in [0.2, 0.25) is 5.95 Å². The van der Waals surface area contributed by atoms with Crippen molar-refractivity contribution in [3.63, 3.8) is 0 Å². The molecule has 1 unspecified atom stereocenters. The van der Waals surface area contributed by atoms with E-state index in [2.05, 4.69) is 32.0 Å². The monoisotopic (exact) mass is 390 g/mol. The molecule has 4 aromatic rings. The predicted molar refractivity (Wildman–Crippen MR) is 108 cm³/mol. The first kappa shape index (κ1) is 17.7. The van der Waals surface area contributed by atoms with Crippen LogP contribution in [0.3, 0.4) is 0 Å². The number of nitrogens with zero attached hydrogens (tertiary/aromatic N) is 5. The highest BCUT2D eigenvalue weighted by Gasteiger charge is 2.23. The number of aromatic amines is 1.